The van der Waals surface area contributed by atoms with Crippen molar-refractivity contribution in [2.24, 2.45) is 5.92 Å². The van der Waals surface area contributed by atoms with Crippen LogP contribution in [0.25, 0.3) is 0 Å². The van der Waals surface area contributed by atoms with Crippen molar-refractivity contribution in [3.63, 3.8) is 0 Å². The average molecular weight is 353 g/mol. The summed E-state index contributed by atoms with van der Waals surface area (Å²) in [7, 11) is 0. The first kappa shape index (κ1) is 17.4. The van der Waals surface area contributed by atoms with Crippen LogP contribution in [0.1, 0.15) is 36.1 Å². The molecule has 1 aliphatic carbocycles. The van der Waals surface area contributed by atoms with Gasteiger partial charge in [0.1, 0.15) is 5.82 Å². The minimum absolute atomic E-state index is 0.0157. The molecule has 1 atom stereocenters. The summed E-state index contributed by atoms with van der Waals surface area (Å²) in [4.78, 5) is 20.1. The summed E-state index contributed by atoms with van der Waals surface area (Å²) in [6.07, 6.45) is -0.590. The van der Waals surface area contributed by atoms with Crippen molar-refractivity contribution in [1.29, 1.82) is 0 Å². The van der Waals surface area contributed by atoms with E-state index < -0.39 is 17.8 Å². The molecule has 2 aromatic heterocycles. The minimum Gasteiger partial charge on any atom is -0.323 e. The standard InChI is InChI=1S/C16H18F3N5O/c1-3-24-8-11(7-20-24)23-15(25)10-4-5-13-12(6-10)14(16(17,18)19)22-9(2)21-13/h7-8,10H,3-6H2,1-2H3,(H,23,25). The number of amides is 1. The Labute approximate surface area is 142 Å². The van der Waals surface area contributed by atoms with Gasteiger partial charge in [-0.3, -0.25) is 9.48 Å². The Morgan fingerprint density at radius 1 is 1.40 bits per heavy atom. The number of carbonyl (C=O) groups excluding carboxylic acids is 1. The van der Waals surface area contributed by atoms with Crippen molar-refractivity contribution in [3.8, 4) is 0 Å². The highest BCUT2D eigenvalue weighted by Crippen LogP contribution is 2.36. The minimum atomic E-state index is -4.56. The Hall–Kier alpha value is -2.45. The first-order valence-corrected chi connectivity index (χ1v) is 8.04. The molecular formula is C16H18F3N5O. The molecule has 0 saturated carbocycles. The van der Waals surface area contributed by atoms with E-state index in [9.17, 15) is 18.0 Å². The molecule has 3 rings (SSSR count). The van der Waals surface area contributed by atoms with Crippen LogP contribution in [0.4, 0.5) is 18.9 Å². The largest absolute Gasteiger partial charge is 0.433 e. The summed E-state index contributed by atoms with van der Waals surface area (Å²) >= 11 is 0. The number of hydrogen-bond acceptors (Lipinski definition) is 4. The van der Waals surface area contributed by atoms with Gasteiger partial charge in [-0.05, 0) is 33.1 Å². The van der Waals surface area contributed by atoms with E-state index in [1.54, 1.807) is 10.9 Å². The third-order valence-electron chi connectivity index (χ3n) is 4.25. The van der Waals surface area contributed by atoms with Gasteiger partial charge < -0.3 is 5.32 Å². The van der Waals surface area contributed by atoms with E-state index in [4.69, 9.17) is 0 Å². The lowest BCUT2D eigenvalue weighted by molar-refractivity contribution is -0.142. The fourth-order valence-electron chi connectivity index (χ4n) is 3.04. The first-order chi connectivity index (χ1) is 11.8. The van der Waals surface area contributed by atoms with Crippen molar-refractivity contribution in [1.82, 2.24) is 19.7 Å². The van der Waals surface area contributed by atoms with E-state index in [0.29, 0.717) is 30.8 Å². The van der Waals surface area contributed by atoms with Crippen LogP contribution in [0.15, 0.2) is 12.4 Å². The number of halogens is 3. The van der Waals surface area contributed by atoms with Crippen molar-refractivity contribution in [3.05, 3.63) is 35.2 Å². The zero-order valence-electron chi connectivity index (χ0n) is 13.9. The monoisotopic (exact) mass is 353 g/mol. The number of aryl methyl sites for hydroxylation is 3. The number of aromatic nitrogens is 4. The molecule has 0 radical (unpaired) electrons. The molecule has 9 heteroatoms. The van der Waals surface area contributed by atoms with E-state index in [0.717, 1.165) is 0 Å². The van der Waals surface area contributed by atoms with Gasteiger partial charge >= 0.3 is 6.18 Å². The molecule has 25 heavy (non-hydrogen) atoms. The van der Waals surface area contributed by atoms with E-state index in [1.165, 1.54) is 13.1 Å². The summed E-state index contributed by atoms with van der Waals surface area (Å²) in [5.41, 5.74) is 0.0385. The van der Waals surface area contributed by atoms with Crippen molar-refractivity contribution in [2.45, 2.75) is 45.8 Å². The zero-order chi connectivity index (χ0) is 18.2. The SMILES string of the molecule is CCn1cc(NC(=O)C2CCc3nc(C)nc(C(F)(F)F)c3C2)cn1. The molecule has 1 amide bonds. The maximum Gasteiger partial charge on any atom is 0.433 e. The van der Waals surface area contributed by atoms with Crippen LogP contribution in [-0.2, 0) is 30.4 Å². The Morgan fingerprint density at radius 3 is 2.80 bits per heavy atom. The lowest BCUT2D eigenvalue weighted by atomic mass is 9.85. The molecule has 2 aromatic rings. The van der Waals surface area contributed by atoms with Crippen LogP contribution in [0, 0.1) is 12.8 Å². The number of nitrogens with zero attached hydrogens (tertiary/aromatic N) is 4. The van der Waals surface area contributed by atoms with E-state index in [1.807, 2.05) is 6.92 Å². The van der Waals surface area contributed by atoms with Gasteiger partial charge in [-0.25, -0.2) is 9.97 Å². The van der Waals surface area contributed by atoms with Crippen molar-refractivity contribution >= 4 is 11.6 Å². The second-order valence-electron chi connectivity index (χ2n) is 6.06. The molecule has 1 aliphatic rings. The average Bonchev–Trinajstić information content (AvgIpc) is 3.00. The highest BCUT2D eigenvalue weighted by atomic mass is 19.4. The predicted octanol–water partition coefficient (Wildman–Crippen LogP) is 2.76. The van der Waals surface area contributed by atoms with Gasteiger partial charge in [0.15, 0.2) is 5.69 Å². The normalized spacial score (nSPS) is 17.2. The third-order valence-corrected chi connectivity index (χ3v) is 4.25. The molecule has 0 saturated heterocycles. The van der Waals surface area contributed by atoms with Crippen LogP contribution in [0.5, 0.6) is 0 Å². The van der Waals surface area contributed by atoms with E-state index >= 15 is 0 Å². The number of rotatable bonds is 3. The number of alkyl halides is 3. The predicted molar refractivity (Wildman–Crippen MR) is 83.8 cm³/mol. The summed E-state index contributed by atoms with van der Waals surface area (Å²) in [5, 5.41) is 6.78. The molecule has 134 valence electrons. The van der Waals surface area contributed by atoms with Crippen LogP contribution in [-0.4, -0.2) is 25.7 Å². The summed E-state index contributed by atoms with van der Waals surface area (Å²) < 4.78 is 41.5. The Bertz CT molecular complexity index is 800. The van der Waals surface area contributed by atoms with Gasteiger partial charge in [-0.2, -0.15) is 18.3 Å². The van der Waals surface area contributed by atoms with Crippen LogP contribution < -0.4 is 5.32 Å². The van der Waals surface area contributed by atoms with Crippen LogP contribution in [0.2, 0.25) is 0 Å². The molecule has 1 N–H and O–H groups in total. The van der Waals surface area contributed by atoms with Gasteiger partial charge in [-0.1, -0.05) is 0 Å². The van der Waals surface area contributed by atoms with E-state index in [2.05, 4.69) is 20.4 Å². The smallest absolute Gasteiger partial charge is 0.323 e. The number of nitrogens with one attached hydrogen (secondary N) is 1. The number of hydrogen-bond donors (Lipinski definition) is 1. The molecular weight excluding hydrogens is 335 g/mol. The molecule has 1 unspecified atom stereocenters. The Kier molecular flexibility index (Phi) is 4.49. The summed E-state index contributed by atoms with van der Waals surface area (Å²) in [6, 6.07) is 0. The summed E-state index contributed by atoms with van der Waals surface area (Å²) in [5.74, 6) is -0.763. The van der Waals surface area contributed by atoms with Gasteiger partial charge in [0.05, 0.1) is 11.9 Å². The third kappa shape index (κ3) is 3.64. The van der Waals surface area contributed by atoms with Gasteiger partial charge in [0.25, 0.3) is 0 Å². The highest BCUT2D eigenvalue weighted by molar-refractivity contribution is 5.92. The highest BCUT2D eigenvalue weighted by Gasteiger charge is 2.39. The second-order valence-corrected chi connectivity index (χ2v) is 6.06. The number of anilines is 1. The lowest BCUT2D eigenvalue weighted by Crippen LogP contribution is -2.31. The Morgan fingerprint density at radius 2 is 2.16 bits per heavy atom. The maximum atomic E-state index is 13.3. The van der Waals surface area contributed by atoms with Gasteiger partial charge in [-0.15, -0.1) is 0 Å². The number of fused-ring (bicyclic) bond motifs is 1. The van der Waals surface area contributed by atoms with Crippen LogP contribution >= 0.6 is 0 Å². The molecule has 2 heterocycles. The molecule has 0 spiro atoms. The van der Waals surface area contributed by atoms with Gasteiger partial charge in [0.2, 0.25) is 5.91 Å². The van der Waals surface area contributed by atoms with Crippen molar-refractivity contribution < 1.29 is 18.0 Å². The fraction of sp³-hybridized carbons (Fsp3) is 0.500. The van der Waals surface area contributed by atoms with E-state index in [-0.39, 0.29) is 23.7 Å². The molecule has 0 fully saturated rings. The zero-order valence-corrected chi connectivity index (χ0v) is 13.9. The van der Waals surface area contributed by atoms with Crippen molar-refractivity contribution in [2.75, 3.05) is 5.32 Å². The Balaban J connectivity index is 1.81. The van der Waals surface area contributed by atoms with Gasteiger partial charge in [0, 0.05) is 29.9 Å². The molecule has 0 aromatic carbocycles. The topological polar surface area (TPSA) is 72.7 Å². The number of carbonyl (C=O) groups is 1. The molecule has 0 aliphatic heterocycles. The maximum absolute atomic E-state index is 13.3. The van der Waals surface area contributed by atoms with Crippen LogP contribution in [0.3, 0.4) is 0 Å². The fourth-order valence-corrected chi connectivity index (χ4v) is 3.04. The molecule has 0 bridgehead atoms. The quantitative estimate of drug-likeness (QED) is 0.921. The lowest BCUT2D eigenvalue weighted by Gasteiger charge is -2.25. The molecule has 6 nitrogen and oxygen atoms in total. The second kappa shape index (κ2) is 6.45. The summed E-state index contributed by atoms with van der Waals surface area (Å²) in [6.45, 7) is 4.02. The first-order valence-electron chi connectivity index (χ1n) is 8.04.